The van der Waals surface area contributed by atoms with Crippen molar-refractivity contribution in [3.8, 4) is 0 Å². The fourth-order valence-electron chi connectivity index (χ4n) is 4.34. The molecule has 1 fully saturated rings. The number of esters is 1. The molecule has 2 heterocycles. The molecule has 0 spiro atoms. The summed E-state index contributed by atoms with van der Waals surface area (Å²) >= 11 is 1.51. The van der Waals surface area contributed by atoms with Gasteiger partial charge in [0.05, 0.1) is 19.2 Å². The number of piperazine rings is 1. The lowest BCUT2D eigenvalue weighted by Gasteiger charge is -2.35. The Balaban J connectivity index is 1.37. The van der Waals surface area contributed by atoms with E-state index in [1.54, 1.807) is 12.1 Å². The summed E-state index contributed by atoms with van der Waals surface area (Å²) in [5.41, 5.74) is 2.56. The van der Waals surface area contributed by atoms with Crippen LogP contribution in [0.15, 0.2) is 24.3 Å². The Kier molecular flexibility index (Phi) is 6.57. The third-order valence-electron chi connectivity index (χ3n) is 6.09. The van der Waals surface area contributed by atoms with Gasteiger partial charge in [-0.3, -0.25) is 9.69 Å². The summed E-state index contributed by atoms with van der Waals surface area (Å²) in [6, 6.07) is 6.50. The fourth-order valence-corrected chi connectivity index (χ4v) is 5.76. The van der Waals surface area contributed by atoms with Gasteiger partial charge in [0.15, 0.2) is 0 Å². The minimum absolute atomic E-state index is 0.118. The van der Waals surface area contributed by atoms with E-state index in [0.717, 1.165) is 56.7 Å². The van der Waals surface area contributed by atoms with Crippen molar-refractivity contribution in [1.29, 1.82) is 0 Å². The third kappa shape index (κ3) is 4.91. The molecule has 4 rings (SSSR count). The Morgan fingerprint density at radius 2 is 1.90 bits per heavy atom. The molecular weight excluding hydrogens is 417 g/mol. The van der Waals surface area contributed by atoms with Crippen LogP contribution in [-0.4, -0.2) is 56.6 Å². The molecule has 1 atom stereocenters. The van der Waals surface area contributed by atoms with Gasteiger partial charge in [0.1, 0.15) is 10.8 Å². The van der Waals surface area contributed by atoms with E-state index in [2.05, 4.69) is 22.0 Å². The lowest BCUT2D eigenvalue weighted by molar-refractivity contribution is -0.117. The summed E-state index contributed by atoms with van der Waals surface area (Å²) in [4.78, 5) is 30.6. The van der Waals surface area contributed by atoms with Crippen LogP contribution in [0.1, 0.15) is 34.1 Å². The smallest absolute Gasteiger partial charge is 0.341 e. The number of thiophene rings is 1. The highest BCUT2D eigenvalue weighted by molar-refractivity contribution is 7.17. The summed E-state index contributed by atoms with van der Waals surface area (Å²) in [5.74, 6) is -0.157. The van der Waals surface area contributed by atoms with Gasteiger partial charge in [0.25, 0.3) is 0 Å². The van der Waals surface area contributed by atoms with E-state index < -0.39 is 0 Å². The van der Waals surface area contributed by atoms with E-state index in [1.165, 1.54) is 35.5 Å². The Morgan fingerprint density at radius 3 is 2.58 bits per heavy atom. The second-order valence-corrected chi connectivity index (χ2v) is 9.44. The summed E-state index contributed by atoms with van der Waals surface area (Å²) in [5, 5.41) is 3.59. The van der Waals surface area contributed by atoms with E-state index in [1.807, 2.05) is 0 Å². The van der Waals surface area contributed by atoms with Crippen molar-refractivity contribution >= 4 is 33.9 Å². The van der Waals surface area contributed by atoms with E-state index in [4.69, 9.17) is 4.74 Å². The number of rotatable bonds is 5. The van der Waals surface area contributed by atoms with Crippen molar-refractivity contribution in [3.05, 3.63) is 46.1 Å². The van der Waals surface area contributed by atoms with E-state index in [0.29, 0.717) is 16.5 Å². The predicted molar refractivity (Wildman–Crippen MR) is 121 cm³/mol. The van der Waals surface area contributed by atoms with Crippen LogP contribution in [0.25, 0.3) is 0 Å². The highest BCUT2D eigenvalue weighted by Crippen LogP contribution is 2.40. The van der Waals surface area contributed by atoms with Crippen molar-refractivity contribution in [2.45, 2.75) is 26.2 Å². The number of carbonyl (C=O) groups excluding carboxylic acids is 2. The number of benzene rings is 1. The van der Waals surface area contributed by atoms with Crippen molar-refractivity contribution in [2.75, 3.05) is 50.1 Å². The molecule has 1 unspecified atom stereocenters. The van der Waals surface area contributed by atoms with Gasteiger partial charge in [0.2, 0.25) is 5.91 Å². The molecule has 2 aliphatic rings. The first-order valence-electron chi connectivity index (χ1n) is 10.7. The second kappa shape index (κ2) is 9.36. The van der Waals surface area contributed by atoms with E-state index >= 15 is 0 Å². The molecule has 2 aromatic rings. The van der Waals surface area contributed by atoms with Gasteiger partial charge < -0.3 is 15.0 Å². The molecule has 0 saturated carbocycles. The predicted octanol–water partition coefficient (Wildman–Crippen LogP) is 3.56. The Labute approximate surface area is 186 Å². The van der Waals surface area contributed by atoms with Crippen molar-refractivity contribution < 1.29 is 18.7 Å². The Morgan fingerprint density at radius 1 is 1.19 bits per heavy atom. The molecule has 1 aromatic heterocycles. The van der Waals surface area contributed by atoms with Crippen LogP contribution in [-0.2, 0) is 22.4 Å². The van der Waals surface area contributed by atoms with Crippen LogP contribution in [0.2, 0.25) is 0 Å². The standard InChI is InChI=1S/C23H28FN3O3S/c1-15-3-8-18-19(13-15)31-22(21(18)23(29)30-2)25-20(28)14-26-9-11-27(12-10-26)17-6-4-16(24)5-7-17/h4-7,15H,3,8-14H2,1-2H3,(H,25,28). The number of hydrogen-bond acceptors (Lipinski definition) is 6. The molecule has 6 nitrogen and oxygen atoms in total. The Hall–Kier alpha value is -2.45. The molecule has 0 radical (unpaired) electrons. The van der Waals surface area contributed by atoms with Gasteiger partial charge in [0, 0.05) is 36.7 Å². The first-order chi connectivity index (χ1) is 14.9. The molecular formula is C23H28FN3O3S. The molecule has 1 amide bonds. The zero-order chi connectivity index (χ0) is 22.0. The van der Waals surface area contributed by atoms with E-state index in [-0.39, 0.29) is 24.2 Å². The summed E-state index contributed by atoms with van der Waals surface area (Å²) in [6.45, 7) is 5.52. The average Bonchev–Trinajstić information content (AvgIpc) is 3.11. The molecule has 1 aliphatic carbocycles. The molecule has 1 N–H and O–H groups in total. The number of methoxy groups -OCH3 is 1. The monoisotopic (exact) mass is 445 g/mol. The van der Waals surface area contributed by atoms with Crippen LogP contribution in [0.4, 0.5) is 15.1 Å². The molecule has 166 valence electrons. The number of ether oxygens (including phenoxy) is 1. The van der Waals surface area contributed by atoms with Crippen LogP contribution >= 0.6 is 11.3 Å². The fraction of sp³-hybridized carbons (Fsp3) is 0.478. The third-order valence-corrected chi connectivity index (χ3v) is 7.26. The van der Waals surface area contributed by atoms with E-state index in [9.17, 15) is 14.0 Å². The quantitative estimate of drug-likeness (QED) is 0.713. The van der Waals surface area contributed by atoms with Crippen LogP contribution in [0.5, 0.6) is 0 Å². The molecule has 1 saturated heterocycles. The van der Waals surface area contributed by atoms with Gasteiger partial charge >= 0.3 is 5.97 Å². The van der Waals surface area contributed by atoms with Crippen molar-refractivity contribution in [2.24, 2.45) is 5.92 Å². The number of halogens is 1. The maximum Gasteiger partial charge on any atom is 0.341 e. The van der Waals surface area contributed by atoms with Gasteiger partial charge in [-0.25, -0.2) is 9.18 Å². The molecule has 1 aromatic carbocycles. The highest BCUT2D eigenvalue weighted by Gasteiger charge is 2.29. The first-order valence-corrected chi connectivity index (χ1v) is 11.5. The molecule has 1 aliphatic heterocycles. The van der Waals surface area contributed by atoms with Crippen LogP contribution < -0.4 is 10.2 Å². The second-order valence-electron chi connectivity index (χ2n) is 8.34. The summed E-state index contributed by atoms with van der Waals surface area (Å²) < 4.78 is 18.1. The van der Waals surface area contributed by atoms with Gasteiger partial charge in [-0.15, -0.1) is 11.3 Å². The SMILES string of the molecule is COC(=O)c1c(NC(=O)CN2CCN(c3ccc(F)cc3)CC2)sc2c1CCC(C)C2. The normalized spacial score (nSPS) is 19.1. The number of anilines is 2. The molecule has 31 heavy (non-hydrogen) atoms. The largest absolute Gasteiger partial charge is 0.465 e. The van der Waals surface area contributed by atoms with Gasteiger partial charge in [-0.05, 0) is 55.0 Å². The van der Waals surface area contributed by atoms with Gasteiger partial charge in [-0.1, -0.05) is 6.92 Å². The summed E-state index contributed by atoms with van der Waals surface area (Å²) in [7, 11) is 1.38. The Bertz CT molecular complexity index is 952. The zero-order valence-electron chi connectivity index (χ0n) is 17.9. The number of fused-ring (bicyclic) bond motifs is 1. The summed E-state index contributed by atoms with van der Waals surface area (Å²) in [6.07, 6.45) is 2.82. The van der Waals surface area contributed by atoms with Crippen LogP contribution in [0, 0.1) is 11.7 Å². The van der Waals surface area contributed by atoms with Crippen molar-refractivity contribution in [1.82, 2.24) is 4.90 Å². The minimum atomic E-state index is -0.379. The number of amides is 1. The molecule has 8 heteroatoms. The first kappa shape index (κ1) is 21.8. The number of carbonyl (C=O) groups is 2. The maximum absolute atomic E-state index is 13.1. The lowest BCUT2D eigenvalue weighted by Crippen LogP contribution is -2.48. The van der Waals surface area contributed by atoms with Gasteiger partial charge in [-0.2, -0.15) is 0 Å². The molecule has 0 bridgehead atoms. The lowest BCUT2D eigenvalue weighted by atomic mass is 9.88. The minimum Gasteiger partial charge on any atom is -0.465 e. The van der Waals surface area contributed by atoms with Crippen LogP contribution in [0.3, 0.4) is 0 Å². The number of hydrogen-bond donors (Lipinski definition) is 1. The number of nitrogens with zero attached hydrogens (tertiary/aromatic N) is 2. The zero-order valence-corrected chi connectivity index (χ0v) is 18.8. The highest BCUT2D eigenvalue weighted by atomic mass is 32.1. The van der Waals surface area contributed by atoms with Crippen molar-refractivity contribution in [3.63, 3.8) is 0 Å². The maximum atomic E-state index is 13.1. The average molecular weight is 446 g/mol. The topological polar surface area (TPSA) is 61.9 Å². The number of nitrogens with one attached hydrogen (secondary N) is 1.